The lowest BCUT2D eigenvalue weighted by Crippen LogP contribution is -2.33. The molecule has 4 N–H and O–H groups in total. The van der Waals surface area contributed by atoms with Crippen molar-refractivity contribution >= 4 is 17.3 Å². The number of nitrogens with two attached hydrogens (primary N) is 2. The molecule has 2 aromatic rings. The molecule has 0 bridgehead atoms. The van der Waals surface area contributed by atoms with Crippen LogP contribution >= 0.6 is 0 Å². The molecule has 1 saturated carbocycles. The molecule has 1 aliphatic carbocycles. The molecule has 0 aliphatic heterocycles. The summed E-state index contributed by atoms with van der Waals surface area (Å²) >= 11 is 0. The van der Waals surface area contributed by atoms with E-state index in [0.29, 0.717) is 29.5 Å². The van der Waals surface area contributed by atoms with Crippen LogP contribution in [0.3, 0.4) is 0 Å². The number of hydrogen-bond donors (Lipinski definition) is 2. The standard InChI is InChI=1S/C16H18N4O/c17-12-3-6-14(15(18)8-12)16(21)20(13-4-5-13)10-11-2-1-7-19-9-11/h1-3,6-9,13H,4-5,10,17-18H2. The van der Waals surface area contributed by atoms with Gasteiger partial charge >= 0.3 is 0 Å². The number of benzene rings is 1. The summed E-state index contributed by atoms with van der Waals surface area (Å²) in [6, 6.07) is 9.19. The van der Waals surface area contributed by atoms with Crippen LogP contribution in [-0.4, -0.2) is 21.8 Å². The molecule has 1 fully saturated rings. The van der Waals surface area contributed by atoms with Gasteiger partial charge in [-0.2, -0.15) is 0 Å². The zero-order valence-electron chi connectivity index (χ0n) is 11.7. The van der Waals surface area contributed by atoms with Crippen LogP contribution in [0.25, 0.3) is 0 Å². The molecule has 5 nitrogen and oxygen atoms in total. The van der Waals surface area contributed by atoms with Crippen LogP contribution in [0.4, 0.5) is 11.4 Å². The van der Waals surface area contributed by atoms with Crippen molar-refractivity contribution in [3.8, 4) is 0 Å². The third kappa shape index (κ3) is 2.97. The summed E-state index contributed by atoms with van der Waals surface area (Å²) < 4.78 is 0. The summed E-state index contributed by atoms with van der Waals surface area (Å²) in [5.41, 5.74) is 14.1. The lowest BCUT2D eigenvalue weighted by atomic mass is 10.1. The van der Waals surface area contributed by atoms with Crippen molar-refractivity contribution in [1.29, 1.82) is 0 Å². The maximum atomic E-state index is 12.7. The fourth-order valence-electron chi connectivity index (χ4n) is 2.37. The van der Waals surface area contributed by atoms with Gasteiger partial charge < -0.3 is 16.4 Å². The van der Waals surface area contributed by atoms with E-state index in [2.05, 4.69) is 4.98 Å². The molecule has 0 unspecified atom stereocenters. The van der Waals surface area contributed by atoms with E-state index in [1.165, 1.54) is 0 Å². The van der Waals surface area contributed by atoms with Crippen LogP contribution in [0.5, 0.6) is 0 Å². The molecule has 1 heterocycles. The zero-order valence-corrected chi connectivity index (χ0v) is 11.7. The van der Waals surface area contributed by atoms with Crippen LogP contribution in [0.15, 0.2) is 42.7 Å². The van der Waals surface area contributed by atoms with E-state index in [9.17, 15) is 4.79 Å². The van der Waals surface area contributed by atoms with Crippen LogP contribution in [0, 0.1) is 0 Å². The molecule has 0 radical (unpaired) electrons. The third-order valence-corrected chi connectivity index (χ3v) is 3.63. The van der Waals surface area contributed by atoms with Crippen LogP contribution < -0.4 is 11.5 Å². The zero-order chi connectivity index (χ0) is 14.8. The predicted molar refractivity (Wildman–Crippen MR) is 82.4 cm³/mol. The summed E-state index contributed by atoms with van der Waals surface area (Å²) in [4.78, 5) is 18.7. The predicted octanol–water partition coefficient (Wildman–Crippen LogP) is 2.05. The van der Waals surface area contributed by atoms with E-state index in [-0.39, 0.29) is 5.91 Å². The van der Waals surface area contributed by atoms with Crippen molar-refractivity contribution in [2.24, 2.45) is 0 Å². The summed E-state index contributed by atoms with van der Waals surface area (Å²) in [5.74, 6) is -0.0427. The third-order valence-electron chi connectivity index (χ3n) is 3.63. The molecule has 1 aromatic carbocycles. The maximum absolute atomic E-state index is 12.7. The molecule has 5 heteroatoms. The average Bonchev–Trinajstić information content (AvgIpc) is 3.30. The molecular weight excluding hydrogens is 264 g/mol. The SMILES string of the molecule is Nc1ccc(C(=O)N(Cc2cccnc2)C2CC2)c(N)c1. The topological polar surface area (TPSA) is 85.2 Å². The van der Waals surface area contributed by atoms with Gasteiger partial charge in [0.1, 0.15) is 0 Å². The first kappa shape index (κ1) is 13.4. The Bertz CT molecular complexity index is 653. The van der Waals surface area contributed by atoms with E-state index in [0.717, 1.165) is 18.4 Å². The Morgan fingerprint density at radius 2 is 2.10 bits per heavy atom. The van der Waals surface area contributed by atoms with Crippen molar-refractivity contribution in [2.45, 2.75) is 25.4 Å². The summed E-state index contributed by atoms with van der Waals surface area (Å²) in [7, 11) is 0. The number of nitrogens with zero attached hydrogens (tertiary/aromatic N) is 2. The van der Waals surface area contributed by atoms with Gasteiger partial charge in [0.2, 0.25) is 0 Å². The smallest absolute Gasteiger partial charge is 0.256 e. The first-order valence-corrected chi connectivity index (χ1v) is 7.00. The van der Waals surface area contributed by atoms with Gasteiger partial charge in [0.25, 0.3) is 5.91 Å². The van der Waals surface area contributed by atoms with Gasteiger partial charge in [0, 0.05) is 36.4 Å². The van der Waals surface area contributed by atoms with Crippen molar-refractivity contribution < 1.29 is 4.79 Å². The Morgan fingerprint density at radius 1 is 1.29 bits per heavy atom. The molecular formula is C16H18N4O. The van der Waals surface area contributed by atoms with Gasteiger partial charge in [-0.3, -0.25) is 9.78 Å². The van der Waals surface area contributed by atoms with E-state index in [1.54, 1.807) is 30.6 Å². The lowest BCUT2D eigenvalue weighted by molar-refractivity contribution is 0.0731. The maximum Gasteiger partial charge on any atom is 0.256 e. The molecule has 1 aliphatic rings. The number of carbonyl (C=O) groups is 1. The largest absolute Gasteiger partial charge is 0.399 e. The number of pyridine rings is 1. The number of hydrogen-bond acceptors (Lipinski definition) is 4. The van der Waals surface area contributed by atoms with Gasteiger partial charge in [-0.25, -0.2) is 0 Å². The molecule has 1 aromatic heterocycles. The van der Waals surface area contributed by atoms with Crippen LogP contribution in [0.2, 0.25) is 0 Å². The Balaban J connectivity index is 1.85. The van der Waals surface area contributed by atoms with Crippen LogP contribution in [0.1, 0.15) is 28.8 Å². The Labute approximate surface area is 123 Å². The summed E-state index contributed by atoms with van der Waals surface area (Å²) in [6.07, 6.45) is 5.60. The molecule has 1 amide bonds. The number of anilines is 2. The number of carbonyl (C=O) groups excluding carboxylic acids is 1. The highest BCUT2D eigenvalue weighted by Gasteiger charge is 2.33. The average molecular weight is 282 g/mol. The fourth-order valence-corrected chi connectivity index (χ4v) is 2.37. The van der Waals surface area contributed by atoms with Gasteiger partial charge in [-0.15, -0.1) is 0 Å². The first-order valence-electron chi connectivity index (χ1n) is 7.00. The van der Waals surface area contributed by atoms with E-state index >= 15 is 0 Å². The molecule has 0 atom stereocenters. The van der Waals surface area contributed by atoms with E-state index in [1.807, 2.05) is 17.0 Å². The van der Waals surface area contributed by atoms with Crippen LogP contribution in [-0.2, 0) is 6.54 Å². The molecule has 0 saturated heterocycles. The summed E-state index contributed by atoms with van der Waals surface area (Å²) in [6.45, 7) is 0.557. The Hall–Kier alpha value is -2.56. The Morgan fingerprint density at radius 3 is 2.71 bits per heavy atom. The minimum atomic E-state index is -0.0427. The number of rotatable bonds is 4. The highest BCUT2D eigenvalue weighted by Crippen LogP contribution is 2.31. The number of amides is 1. The minimum Gasteiger partial charge on any atom is -0.399 e. The van der Waals surface area contributed by atoms with Gasteiger partial charge in [-0.1, -0.05) is 6.07 Å². The highest BCUT2D eigenvalue weighted by molar-refractivity contribution is 6.00. The number of nitrogen functional groups attached to an aromatic ring is 2. The van der Waals surface area contributed by atoms with Crippen molar-refractivity contribution in [3.05, 3.63) is 53.9 Å². The first-order chi connectivity index (χ1) is 10.1. The molecule has 0 spiro atoms. The van der Waals surface area contributed by atoms with Crippen molar-refractivity contribution in [1.82, 2.24) is 9.88 Å². The van der Waals surface area contributed by atoms with Gasteiger partial charge in [0.05, 0.1) is 5.56 Å². The van der Waals surface area contributed by atoms with Crippen molar-refractivity contribution in [3.63, 3.8) is 0 Å². The monoisotopic (exact) mass is 282 g/mol. The van der Waals surface area contributed by atoms with Gasteiger partial charge in [-0.05, 0) is 42.7 Å². The Kier molecular flexibility index (Phi) is 3.48. The second-order valence-electron chi connectivity index (χ2n) is 5.37. The fraction of sp³-hybridized carbons (Fsp3) is 0.250. The van der Waals surface area contributed by atoms with Gasteiger partial charge in [0.15, 0.2) is 0 Å². The normalized spacial score (nSPS) is 13.9. The summed E-state index contributed by atoms with van der Waals surface area (Å²) in [5, 5.41) is 0. The second-order valence-corrected chi connectivity index (χ2v) is 5.37. The quantitative estimate of drug-likeness (QED) is 0.840. The number of aromatic nitrogens is 1. The minimum absolute atomic E-state index is 0.0427. The van der Waals surface area contributed by atoms with E-state index < -0.39 is 0 Å². The molecule has 3 rings (SSSR count). The van der Waals surface area contributed by atoms with E-state index in [4.69, 9.17) is 11.5 Å². The molecule has 21 heavy (non-hydrogen) atoms. The lowest BCUT2D eigenvalue weighted by Gasteiger charge is -2.23. The molecule has 108 valence electrons. The highest BCUT2D eigenvalue weighted by atomic mass is 16.2. The van der Waals surface area contributed by atoms with Crippen molar-refractivity contribution in [2.75, 3.05) is 11.5 Å². The second kappa shape index (κ2) is 5.44.